The molecule has 0 unspecified atom stereocenters. The van der Waals surface area contributed by atoms with E-state index in [2.05, 4.69) is 10.6 Å². The fraction of sp³-hybridized carbons (Fsp3) is 0.188. The van der Waals surface area contributed by atoms with E-state index in [4.69, 9.17) is 16.3 Å². The first kappa shape index (κ1) is 17.0. The molecule has 0 radical (unpaired) electrons. The first-order valence-corrected chi connectivity index (χ1v) is 7.24. The minimum Gasteiger partial charge on any atom is -0.492 e. The molecule has 2 N–H and O–H groups in total. The van der Waals surface area contributed by atoms with Crippen LogP contribution in [0.2, 0.25) is 5.02 Å². The largest absolute Gasteiger partial charge is 0.492 e. The lowest BCUT2D eigenvalue weighted by atomic mass is 10.2. The second kappa shape index (κ2) is 8.33. The highest BCUT2D eigenvalue weighted by atomic mass is 35.5. The summed E-state index contributed by atoms with van der Waals surface area (Å²) in [5.74, 6) is 0.601. The Labute approximate surface area is 137 Å². The highest BCUT2D eigenvalue weighted by molar-refractivity contribution is 6.30. The van der Waals surface area contributed by atoms with E-state index in [1.807, 2.05) is 0 Å². The number of anilines is 1. The molecule has 0 saturated heterocycles. The van der Waals surface area contributed by atoms with Gasteiger partial charge < -0.3 is 15.4 Å². The van der Waals surface area contributed by atoms with Crippen molar-refractivity contribution in [1.82, 2.24) is 5.32 Å². The molecule has 2 aromatic carbocycles. The fourth-order valence-corrected chi connectivity index (χ4v) is 2.00. The molecule has 2 aromatic rings. The van der Waals surface area contributed by atoms with E-state index in [1.54, 1.807) is 24.3 Å². The van der Waals surface area contributed by atoms with E-state index in [0.717, 1.165) is 0 Å². The van der Waals surface area contributed by atoms with Crippen LogP contribution in [-0.2, 0) is 0 Å². The lowest BCUT2D eigenvalue weighted by molar-refractivity contribution is 0.151. The molecule has 2 amide bonds. The molecule has 0 aliphatic carbocycles. The molecule has 0 bridgehead atoms. The zero-order chi connectivity index (χ0) is 16.7. The number of carbonyl (C=O) groups is 1. The van der Waals surface area contributed by atoms with Gasteiger partial charge in [0, 0.05) is 16.3 Å². The molecule has 0 aliphatic rings. The summed E-state index contributed by atoms with van der Waals surface area (Å²) in [6.45, 7) is 0.512. The van der Waals surface area contributed by atoms with Crippen LogP contribution < -0.4 is 15.4 Å². The van der Waals surface area contributed by atoms with Crippen molar-refractivity contribution in [1.29, 1.82) is 0 Å². The number of benzene rings is 2. The van der Waals surface area contributed by atoms with Gasteiger partial charge in [0.1, 0.15) is 12.4 Å². The Morgan fingerprint density at radius 2 is 1.96 bits per heavy atom. The molecule has 0 aliphatic heterocycles. The smallest absolute Gasteiger partial charge is 0.319 e. The van der Waals surface area contributed by atoms with Crippen molar-refractivity contribution in [3.63, 3.8) is 0 Å². The number of amides is 2. The van der Waals surface area contributed by atoms with Crippen LogP contribution in [0, 0.1) is 0 Å². The third-order valence-corrected chi connectivity index (χ3v) is 3.08. The molecule has 0 aromatic heterocycles. The minimum atomic E-state index is -2.58. The van der Waals surface area contributed by atoms with Crippen molar-refractivity contribution in [2.75, 3.05) is 18.5 Å². The summed E-state index contributed by atoms with van der Waals surface area (Å²) in [6, 6.07) is 11.9. The van der Waals surface area contributed by atoms with E-state index < -0.39 is 12.5 Å². The zero-order valence-electron chi connectivity index (χ0n) is 12.1. The average molecular weight is 341 g/mol. The van der Waals surface area contributed by atoms with Crippen LogP contribution in [0.3, 0.4) is 0 Å². The van der Waals surface area contributed by atoms with Gasteiger partial charge in [0.05, 0.1) is 6.54 Å². The molecule has 0 heterocycles. The predicted molar refractivity (Wildman–Crippen MR) is 85.4 cm³/mol. The van der Waals surface area contributed by atoms with Gasteiger partial charge in [-0.05, 0) is 30.3 Å². The summed E-state index contributed by atoms with van der Waals surface area (Å²) in [5.41, 5.74) is 0.156. The maximum atomic E-state index is 12.6. The number of hydrogen-bond donors (Lipinski definition) is 2. The van der Waals surface area contributed by atoms with E-state index in [0.29, 0.717) is 16.5 Å². The standard InChI is InChI=1S/C16H15ClF2N2O2/c17-12-4-2-6-14(10-12)23-8-7-20-16(22)21-13-5-1-3-11(9-13)15(18)19/h1-6,9-10,15H,7-8H2,(H2,20,21,22). The molecule has 2 rings (SSSR count). The summed E-state index contributed by atoms with van der Waals surface area (Å²) < 4.78 is 30.5. The van der Waals surface area contributed by atoms with Crippen molar-refractivity contribution in [2.45, 2.75) is 6.43 Å². The van der Waals surface area contributed by atoms with Gasteiger partial charge in [-0.2, -0.15) is 0 Å². The van der Waals surface area contributed by atoms with Crippen LogP contribution in [0.1, 0.15) is 12.0 Å². The lowest BCUT2D eigenvalue weighted by Gasteiger charge is -2.10. The number of rotatable bonds is 6. The van der Waals surface area contributed by atoms with E-state index in [-0.39, 0.29) is 18.7 Å². The fourth-order valence-electron chi connectivity index (χ4n) is 1.82. The number of alkyl halides is 2. The maximum Gasteiger partial charge on any atom is 0.319 e. The van der Waals surface area contributed by atoms with Gasteiger partial charge >= 0.3 is 6.03 Å². The third kappa shape index (κ3) is 5.75. The van der Waals surface area contributed by atoms with Crippen LogP contribution >= 0.6 is 11.6 Å². The number of halogens is 3. The van der Waals surface area contributed by atoms with Crippen molar-refractivity contribution in [3.8, 4) is 5.75 Å². The average Bonchev–Trinajstić information content (AvgIpc) is 2.52. The molecule has 0 saturated carbocycles. The van der Waals surface area contributed by atoms with Gasteiger partial charge in [-0.3, -0.25) is 0 Å². The Morgan fingerprint density at radius 3 is 2.70 bits per heavy atom. The molecular formula is C16H15ClF2N2O2. The summed E-state index contributed by atoms with van der Waals surface area (Å²) in [4.78, 5) is 11.7. The predicted octanol–water partition coefficient (Wildman–Crippen LogP) is 4.48. The summed E-state index contributed by atoms with van der Waals surface area (Å²) in [6.07, 6.45) is -2.58. The van der Waals surface area contributed by atoms with Gasteiger partial charge in [-0.1, -0.05) is 29.8 Å². The Morgan fingerprint density at radius 1 is 1.17 bits per heavy atom. The number of carbonyl (C=O) groups excluding carboxylic acids is 1. The summed E-state index contributed by atoms with van der Waals surface area (Å²) in [5, 5.41) is 5.62. The Bertz CT molecular complexity index is 668. The van der Waals surface area contributed by atoms with E-state index in [1.165, 1.54) is 24.3 Å². The minimum absolute atomic E-state index is 0.146. The van der Waals surface area contributed by atoms with Gasteiger partial charge in [-0.25, -0.2) is 13.6 Å². The first-order valence-electron chi connectivity index (χ1n) is 6.86. The highest BCUT2D eigenvalue weighted by Gasteiger charge is 2.08. The third-order valence-electron chi connectivity index (χ3n) is 2.85. The number of urea groups is 1. The Hall–Kier alpha value is -2.34. The molecule has 23 heavy (non-hydrogen) atoms. The molecule has 0 fully saturated rings. The van der Waals surface area contributed by atoms with Gasteiger partial charge in [-0.15, -0.1) is 0 Å². The van der Waals surface area contributed by atoms with Crippen LogP contribution in [0.25, 0.3) is 0 Å². The van der Waals surface area contributed by atoms with Crippen LogP contribution in [0.15, 0.2) is 48.5 Å². The topological polar surface area (TPSA) is 50.4 Å². The van der Waals surface area contributed by atoms with Crippen molar-refractivity contribution < 1.29 is 18.3 Å². The van der Waals surface area contributed by atoms with Crippen molar-refractivity contribution >= 4 is 23.3 Å². The maximum absolute atomic E-state index is 12.6. The number of ether oxygens (including phenoxy) is 1. The molecule has 0 spiro atoms. The van der Waals surface area contributed by atoms with Gasteiger partial charge in [0.25, 0.3) is 6.43 Å². The van der Waals surface area contributed by atoms with E-state index >= 15 is 0 Å². The second-order valence-corrected chi connectivity index (χ2v) is 5.05. The SMILES string of the molecule is O=C(NCCOc1cccc(Cl)c1)Nc1cccc(C(F)F)c1. The molecule has 122 valence electrons. The number of hydrogen-bond acceptors (Lipinski definition) is 2. The quantitative estimate of drug-likeness (QED) is 0.762. The molecule has 0 atom stereocenters. The Balaban J connectivity index is 1.74. The van der Waals surface area contributed by atoms with Crippen molar-refractivity contribution in [3.05, 3.63) is 59.1 Å². The van der Waals surface area contributed by atoms with Gasteiger partial charge in [0.2, 0.25) is 0 Å². The molecule has 7 heteroatoms. The highest BCUT2D eigenvalue weighted by Crippen LogP contribution is 2.21. The first-order chi connectivity index (χ1) is 11.0. The monoisotopic (exact) mass is 340 g/mol. The Kier molecular flexibility index (Phi) is 6.17. The van der Waals surface area contributed by atoms with E-state index in [9.17, 15) is 13.6 Å². The second-order valence-electron chi connectivity index (χ2n) is 4.61. The number of nitrogens with one attached hydrogen (secondary N) is 2. The van der Waals surface area contributed by atoms with Crippen LogP contribution in [0.5, 0.6) is 5.75 Å². The van der Waals surface area contributed by atoms with Gasteiger partial charge in [0.15, 0.2) is 0 Å². The van der Waals surface area contributed by atoms with Crippen molar-refractivity contribution in [2.24, 2.45) is 0 Å². The van der Waals surface area contributed by atoms with Crippen LogP contribution in [-0.4, -0.2) is 19.2 Å². The normalized spacial score (nSPS) is 10.4. The molecule has 4 nitrogen and oxygen atoms in total. The van der Waals surface area contributed by atoms with Crippen LogP contribution in [0.4, 0.5) is 19.3 Å². The molecular weight excluding hydrogens is 326 g/mol. The lowest BCUT2D eigenvalue weighted by Crippen LogP contribution is -2.32. The summed E-state index contributed by atoms with van der Waals surface area (Å²) >= 11 is 5.82. The zero-order valence-corrected chi connectivity index (χ0v) is 12.8. The summed E-state index contributed by atoms with van der Waals surface area (Å²) in [7, 11) is 0.